The first-order valence-electron chi connectivity index (χ1n) is 10.4. The lowest BCUT2D eigenvalue weighted by Crippen LogP contribution is -2.49. The summed E-state index contributed by atoms with van der Waals surface area (Å²) in [5.74, 6) is 0.733. The van der Waals surface area contributed by atoms with Gasteiger partial charge in [-0.2, -0.15) is 4.98 Å². The van der Waals surface area contributed by atoms with Gasteiger partial charge in [0, 0.05) is 32.2 Å². The van der Waals surface area contributed by atoms with Gasteiger partial charge >= 0.3 is 6.09 Å². The lowest BCUT2D eigenvalue weighted by Gasteiger charge is -2.34. The quantitative estimate of drug-likeness (QED) is 0.759. The van der Waals surface area contributed by atoms with Crippen LogP contribution >= 0.6 is 11.3 Å². The van der Waals surface area contributed by atoms with Crippen LogP contribution in [0.3, 0.4) is 0 Å². The van der Waals surface area contributed by atoms with Crippen LogP contribution in [-0.4, -0.2) is 67.1 Å². The lowest BCUT2D eigenvalue weighted by molar-refractivity contribution is 0.0500. The molecule has 0 unspecified atom stereocenters. The first-order chi connectivity index (χ1) is 14.3. The predicted octanol–water partition coefficient (Wildman–Crippen LogP) is 2.60. The van der Waals surface area contributed by atoms with Crippen LogP contribution in [0.1, 0.15) is 33.6 Å². The highest BCUT2D eigenvalue weighted by atomic mass is 32.1. The van der Waals surface area contributed by atoms with Crippen LogP contribution in [0.5, 0.6) is 0 Å². The van der Waals surface area contributed by atoms with Crippen molar-refractivity contribution in [2.24, 2.45) is 0 Å². The van der Waals surface area contributed by atoms with Gasteiger partial charge in [0.05, 0.1) is 23.6 Å². The topological polar surface area (TPSA) is 106 Å². The van der Waals surface area contributed by atoms with Crippen LogP contribution in [0, 0.1) is 0 Å². The fourth-order valence-corrected chi connectivity index (χ4v) is 4.77. The third-order valence-corrected chi connectivity index (χ3v) is 6.16. The Labute approximate surface area is 180 Å². The number of hydrogen-bond acceptors (Lipinski definition) is 9. The number of rotatable bonds is 3. The molecule has 0 bridgehead atoms. The minimum Gasteiger partial charge on any atom is -0.444 e. The molecule has 4 rings (SSSR count). The van der Waals surface area contributed by atoms with Crippen LogP contribution in [0.25, 0.3) is 10.3 Å². The van der Waals surface area contributed by atoms with Crippen molar-refractivity contribution >= 4 is 44.4 Å². The fraction of sp³-hybridized carbons (Fsp3) is 0.650. The van der Waals surface area contributed by atoms with E-state index in [1.165, 1.54) is 0 Å². The summed E-state index contributed by atoms with van der Waals surface area (Å²) in [5, 5.41) is 3.93. The number of hydrogen-bond donors (Lipinski definition) is 2. The zero-order chi connectivity index (χ0) is 21.3. The van der Waals surface area contributed by atoms with Crippen LogP contribution in [0.4, 0.5) is 21.4 Å². The average molecular weight is 435 g/mol. The maximum Gasteiger partial charge on any atom is 0.407 e. The van der Waals surface area contributed by atoms with E-state index in [-0.39, 0.29) is 12.1 Å². The molecule has 1 amide bonds. The van der Waals surface area contributed by atoms with Crippen molar-refractivity contribution in [1.82, 2.24) is 15.3 Å². The number of carbonyl (C=O) groups excluding carboxylic acids is 1. The molecule has 0 radical (unpaired) electrons. The number of nitrogens with two attached hydrogens (primary N) is 1. The number of morpholine rings is 1. The summed E-state index contributed by atoms with van der Waals surface area (Å²) in [6.07, 6.45) is 1.45. The molecule has 2 aliphatic rings. The Morgan fingerprint density at radius 1 is 1.27 bits per heavy atom. The number of aromatic nitrogens is 2. The number of carbonyl (C=O) groups is 1. The Kier molecular flexibility index (Phi) is 5.88. The van der Waals surface area contributed by atoms with E-state index in [0.29, 0.717) is 17.9 Å². The standard InChI is InChI=1S/C20H30N6O3S/c1-20(2,3)29-19(27)22-13-5-4-6-26(12-13)17-14(21)11-15-16(23-17)24-18(30-15)25-7-9-28-10-8-25/h11,13H,4-10,12,21H2,1-3H3,(H,22,27)/t13-/m0/s1. The SMILES string of the molecule is CC(C)(C)OC(=O)N[C@H]1CCCN(c2nc3nc(N4CCOCC4)sc3cc2N)C1. The van der Waals surface area contributed by atoms with Gasteiger partial charge in [-0.15, -0.1) is 0 Å². The Balaban J connectivity index is 1.49. The molecule has 9 nitrogen and oxygen atoms in total. The number of nitrogen functional groups attached to an aromatic ring is 1. The van der Waals surface area contributed by atoms with E-state index < -0.39 is 5.60 Å². The molecule has 164 valence electrons. The highest BCUT2D eigenvalue weighted by Crippen LogP contribution is 2.34. The second kappa shape index (κ2) is 8.43. The van der Waals surface area contributed by atoms with Gasteiger partial charge in [-0.05, 0) is 39.7 Å². The van der Waals surface area contributed by atoms with Gasteiger partial charge in [-0.25, -0.2) is 9.78 Å². The summed E-state index contributed by atoms with van der Waals surface area (Å²) in [6, 6.07) is 1.95. The molecule has 2 aliphatic heterocycles. The Morgan fingerprint density at radius 3 is 2.77 bits per heavy atom. The van der Waals surface area contributed by atoms with E-state index >= 15 is 0 Å². The first-order valence-corrected chi connectivity index (χ1v) is 11.2. The lowest BCUT2D eigenvalue weighted by atomic mass is 10.1. The maximum atomic E-state index is 12.2. The van der Waals surface area contributed by atoms with Gasteiger partial charge in [0.2, 0.25) is 0 Å². The number of fused-ring (bicyclic) bond motifs is 1. The molecule has 2 fully saturated rings. The molecule has 2 aromatic rings. The molecule has 3 N–H and O–H groups in total. The second-order valence-electron chi connectivity index (χ2n) is 8.75. The number of thiazole rings is 1. The summed E-state index contributed by atoms with van der Waals surface area (Å²) in [5.41, 5.74) is 7.20. The molecule has 0 spiro atoms. The van der Waals surface area contributed by atoms with Crippen molar-refractivity contribution in [1.29, 1.82) is 0 Å². The van der Waals surface area contributed by atoms with Crippen molar-refractivity contribution in [3.05, 3.63) is 6.07 Å². The summed E-state index contributed by atoms with van der Waals surface area (Å²) in [7, 11) is 0. The second-order valence-corrected chi connectivity index (χ2v) is 9.76. The van der Waals surface area contributed by atoms with E-state index in [9.17, 15) is 4.79 Å². The number of nitrogens with one attached hydrogen (secondary N) is 1. The molecule has 2 saturated heterocycles. The Morgan fingerprint density at radius 2 is 2.03 bits per heavy atom. The van der Waals surface area contributed by atoms with Gasteiger partial charge in [-0.1, -0.05) is 11.3 Å². The molecule has 30 heavy (non-hydrogen) atoms. The normalized spacial score (nSPS) is 20.4. The number of pyridine rings is 1. The molecule has 0 aromatic carbocycles. The number of ether oxygens (including phenoxy) is 2. The van der Waals surface area contributed by atoms with Crippen LogP contribution in [0.2, 0.25) is 0 Å². The number of nitrogens with zero attached hydrogens (tertiary/aromatic N) is 4. The highest BCUT2D eigenvalue weighted by Gasteiger charge is 2.26. The largest absolute Gasteiger partial charge is 0.444 e. The molecule has 0 saturated carbocycles. The van der Waals surface area contributed by atoms with Crippen LogP contribution < -0.4 is 20.9 Å². The van der Waals surface area contributed by atoms with E-state index in [4.69, 9.17) is 25.2 Å². The van der Waals surface area contributed by atoms with Crippen molar-refractivity contribution in [2.45, 2.75) is 45.3 Å². The van der Waals surface area contributed by atoms with Crippen LogP contribution in [-0.2, 0) is 9.47 Å². The summed E-state index contributed by atoms with van der Waals surface area (Å²) in [6.45, 7) is 10.2. The minimum atomic E-state index is -0.516. The molecular weight excluding hydrogens is 404 g/mol. The molecule has 4 heterocycles. The van der Waals surface area contributed by atoms with E-state index in [1.54, 1.807) is 11.3 Å². The molecular formula is C20H30N6O3S. The Hall–Kier alpha value is -2.33. The van der Waals surface area contributed by atoms with Gasteiger partial charge in [0.15, 0.2) is 16.6 Å². The van der Waals surface area contributed by atoms with Crippen molar-refractivity contribution in [2.75, 3.05) is 54.9 Å². The van der Waals surface area contributed by atoms with Crippen LogP contribution in [0.15, 0.2) is 6.07 Å². The number of anilines is 3. The van der Waals surface area contributed by atoms with E-state index in [1.807, 2.05) is 26.8 Å². The number of amides is 1. The van der Waals surface area contributed by atoms with Gasteiger partial charge < -0.3 is 30.3 Å². The smallest absolute Gasteiger partial charge is 0.407 e. The van der Waals surface area contributed by atoms with Gasteiger partial charge in [-0.3, -0.25) is 0 Å². The fourth-order valence-electron chi connectivity index (χ4n) is 3.76. The van der Waals surface area contributed by atoms with E-state index in [2.05, 4.69) is 15.1 Å². The van der Waals surface area contributed by atoms with Crippen molar-refractivity contribution < 1.29 is 14.3 Å². The zero-order valence-electron chi connectivity index (χ0n) is 17.8. The monoisotopic (exact) mass is 434 g/mol. The summed E-state index contributed by atoms with van der Waals surface area (Å²) < 4.78 is 11.8. The maximum absolute atomic E-state index is 12.2. The summed E-state index contributed by atoms with van der Waals surface area (Å²) >= 11 is 1.61. The molecule has 1 atom stereocenters. The van der Waals surface area contributed by atoms with Gasteiger partial charge in [0.25, 0.3) is 0 Å². The Bertz CT molecular complexity index is 906. The third kappa shape index (κ3) is 4.86. The zero-order valence-corrected chi connectivity index (χ0v) is 18.6. The number of piperidine rings is 1. The molecule has 2 aromatic heterocycles. The van der Waals surface area contributed by atoms with E-state index in [0.717, 1.165) is 61.3 Å². The summed E-state index contributed by atoms with van der Waals surface area (Å²) in [4.78, 5) is 26.0. The third-order valence-electron chi connectivity index (χ3n) is 5.10. The highest BCUT2D eigenvalue weighted by molar-refractivity contribution is 7.22. The first kappa shape index (κ1) is 20.9. The van der Waals surface area contributed by atoms with Gasteiger partial charge in [0.1, 0.15) is 5.60 Å². The minimum absolute atomic E-state index is 0.00941. The average Bonchev–Trinajstić information content (AvgIpc) is 3.09. The molecule has 10 heteroatoms. The van der Waals surface area contributed by atoms with Crippen molar-refractivity contribution in [3.63, 3.8) is 0 Å². The predicted molar refractivity (Wildman–Crippen MR) is 119 cm³/mol. The number of alkyl carbamates (subject to hydrolysis) is 1. The molecule has 0 aliphatic carbocycles. The van der Waals surface area contributed by atoms with Crippen molar-refractivity contribution in [3.8, 4) is 0 Å².